The highest BCUT2D eigenvalue weighted by atomic mass is 32.1. The molecule has 0 saturated carbocycles. The molecular formula is C22H20FN5O2S. The molecule has 31 heavy (non-hydrogen) atoms. The van der Waals surface area contributed by atoms with E-state index < -0.39 is 11.8 Å². The molecule has 0 spiro atoms. The molecule has 0 saturated heterocycles. The van der Waals surface area contributed by atoms with Crippen LogP contribution in [-0.4, -0.2) is 33.0 Å². The Morgan fingerprint density at radius 2 is 1.87 bits per heavy atom. The van der Waals surface area contributed by atoms with Gasteiger partial charge in [0.15, 0.2) is 5.82 Å². The van der Waals surface area contributed by atoms with E-state index in [1.54, 1.807) is 28.8 Å². The number of carbonyl (C=O) groups is 2. The Kier molecular flexibility index (Phi) is 6.03. The summed E-state index contributed by atoms with van der Waals surface area (Å²) in [4.78, 5) is 29.4. The van der Waals surface area contributed by atoms with Gasteiger partial charge in [-0.2, -0.15) is 4.98 Å². The topological polar surface area (TPSA) is 88.4 Å². The Labute approximate surface area is 181 Å². The summed E-state index contributed by atoms with van der Waals surface area (Å²) in [5.41, 5.74) is 2.74. The molecule has 9 heteroatoms. The van der Waals surface area contributed by atoms with Crippen molar-refractivity contribution in [3.63, 3.8) is 0 Å². The highest BCUT2D eigenvalue weighted by molar-refractivity contribution is 7.15. The third kappa shape index (κ3) is 4.46. The van der Waals surface area contributed by atoms with Gasteiger partial charge in [0, 0.05) is 24.0 Å². The number of carbonyl (C=O) groups excluding carboxylic acids is 2. The molecule has 0 bridgehead atoms. The van der Waals surface area contributed by atoms with Crippen LogP contribution in [-0.2, 0) is 22.4 Å². The maximum absolute atomic E-state index is 14.0. The van der Waals surface area contributed by atoms with Crippen molar-refractivity contribution in [1.29, 1.82) is 0 Å². The lowest BCUT2D eigenvalue weighted by molar-refractivity contribution is -0.136. The van der Waals surface area contributed by atoms with Crippen molar-refractivity contribution < 1.29 is 14.0 Å². The van der Waals surface area contributed by atoms with Crippen molar-refractivity contribution in [3.05, 3.63) is 71.0 Å². The highest BCUT2D eigenvalue weighted by Gasteiger charge is 2.16. The molecule has 0 fully saturated rings. The van der Waals surface area contributed by atoms with Crippen LogP contribution in [0.5, 0.6) is 0 Å². The number of halogens is 1. The van der Waals surface area contributed by atoms with Gasteiger partial charge in [-0.3, -0.25) is 9.59 Å². The summed E-state index contributed by atoms with van der Waals surface area (Å²) in [6.45, 7) is 2.23. The van der Waals surface area contributed by atoms with Gasteiger partial charge in [0.1, 0.15) is 5.82 Å². The molecule has 158 valence electrons. The summed E-state index contributed by atoms with van der Waals surface area (Å²) >= 11 is 1.38. The van der Waals surface area contributed by atoms with Crippen LogP contribution in [0.4, 0.5) is 10.1 Å². The zero-order valence-electron chi connectivity index (χ0n) is 16.8. The van der Waals surface area contributed by atoms with Crippen molar-refractivity contribution in [2.45, 2.75) is 19.8 Å². The normalized spacial score (nSPS) is 10.9. The van der Waals surface area contributed by atoms with E-state index in [-0.39, 0.29) is 12.4 Å². The first-order chi connectivity index (χ1) is 15.1. The maximum atomic E-state index is 14.0. The molecule has 2 aromatic carbocycles. The fourth-order valence-electron chi connectivity index (χ4n) is 3.17. The summed E-state index contributed by atoms with van der Waals surface area (Å²) in [7, 11) is 0. The number of hydrogen-bond donors (Lipinski definition) is 2. The van der Waals surface area contributed by atoms with Crippen LogP contribution < -0.4 is 10.6 Å². The minimum Gasteiger partial charge on any atom is -0.347 e. The number of fused-ring (bicyclic) bond motifs is 1. The van der Waals surface area contributed by atoms with Crippen LogP contribution in [0.15, 0.2) is 53.9 Å². The lowest BCUT2D eigenvalue weighted by Crippen LogP contribution is -2.36. The fraction of sp³-hybridized carbons (Fsp3) is 0.182. The second-order valence-electron chi connectivity index (χ2n) is 6.81. The summed E-state index contributed by atoms with van der Waals surface area (Å²) < 4.78 is 15.6. The van der Waals surface area contributed by atoms with E-state index in [2.05, 4.69) is 20.7 Å². The summed E-state index contributed by atoms with van der Waals surface area (Å²) in [6, 6.07) is 13.7. The lowest BCUT2D eigenvalue weighted by Gasteiger charge is -2.09. The molecule has 2 amide bonds. The molecule has 0 aliphatic heterocycles. The Morgan fingerprint density at radius 3 is 2.68 bits per heavy atom. The van der Waals surface area contributed by atoms with Crippen molar-refractivity contribution in [1.82, 2.24) is 19.9 Å². The second-order valence-corrected chi connectivity index (χ2v) is 7.64. The number of anilines is 1. The molecule has 4 rings (SSSR count). The molecule has 7 nitrogen and oxygen atoms in total. The molecule has 2 heterocycles. The quantitative estimate of drug-likeness (QED) is 0.452. The average molecular weight is 438 g/mol. The van der Waals surface area contributed by atoms with E-state index in [4.69, 9.17) is 0 Å². The van der Waals surface area contributed by atoms with Crippen LogP contribution in [0.3, 0.4) is 0 Å². The van der Waals surface area contributed by atoms with Crippen LogP contribution in [0.2, 0.25) is 0 Å². The van der Waals surface area contributed by atoms with Crippen LogP contribution in [0.1, 0.15) is 18.2 Å². The third-order valence-electron chi connectivity index (χ3n) is 4.78. The first-order valence-corrected chi connectivity index (χ1v) is 10.7. The summed E-state index contributed by atoms with van der Waals surface area (Å²) in [5.74, 6) is -1.49. The Morgan fingerprint density at radius 1 is 1.10 bits per heavy atom. The number of thiazole rings is 1. The minimum absolute atomic E-state index is 0.252. The van der Waals surface area contributed by atoms with E-state index in [0.717, 1.165) is 17.7 Å². The van der Waals surface area contributed by atoms with Gasteiger partial charge in [-0.15, -0.1) is 16.4 Å². The van der Waals surface area contributed by atoms with Crippen molar-refractivity contribution in [2.75, 3.05) is 11.9 Å². The van der Waals surface area contributed by atoms with Gasteiger partial charge in [-0.1, -0.05) is 37.3 Å². The van der Waals surface area contributed by atoms with Gasteiger partial charge in [-0.05, 0) is 30.2 Å². The standard InChI is InChI=1S/C22H20FN5O2S/c1-2-14-7-3-6-10-18(14)25-21(30)20(29)24-12-11-15-13-31-22-26-19(27-28(15)22)16-8-4-5-9-17(16)23/h3-10,13H,2,11-12H2,1H3,(H,24,29)(H,25,30). The molecule has 0 atom stereocenters. The van der Waals surface area contributed by atoms with Crippen molar-refractivity contribution in [3.8, 4) is 11.4 Å². The second kappa shape index (κ2) is 9.05. The first-order valence-electron chi connectivity index (χ1n) is 9.82. The summed E-state index contributed by atoms with van der Waals surface area (Å²) in [5, 5.41) is 11.5. The Balaban J connectivity index is 1.38. The number of para-hydroxylation sites is 1. The number of nitrogens with one attached hydrogen (secondary N) is 2. The predicted octanol–water partition coefficient (Wildman–Crippen LogP) is 3.46. The van der Waals surface area contributed by atoms with Gasteiger partial charge >= 0.3 is 11.8 Å². The van der Waals surface area contributed by atoms with E-state index in [1.807, 2.05) is 30.5 Å². The van der Waals surface area contributed by atoms with E-state index >= 15 is 0 Å². The maximum Gasteiger partial charge on any atom is 0.313 e. The van der Waals surface area contributed by atoms with Gasteiger partial charge in [0.2, 0.25) is 4.96 Å². The number of benzene rings is 2. The number of amides is 2. The van der Waals surface area contributed by atoms with Gasteiger partial charge in [-0.25, -0.2) is 8.91 Å². The van der Waals surface area contributed by atoms with Gasteiger partial charge in [0.25, 0.3) is 0 Å². The van der Waals surface area contributed by atoms with Crippen LogP contribution >= 0.6 is 11.3 Å². The lowest BCUT2D eigenvalue weighted by atomic mass is 10.1. The number of aryl methyl sites for hydroxylation is 1. The van der Waals surface area contributed by atoms with E-state index in [0.29, 0.717) is 28.5 Å². The van der Waals surface area contributed by atoms with E-state index in [1.165, 1.54) is 17.4 Å². The van der Waals surface area contributed by atoms with Gasteiger partial charge < -0.3 is 10.6 Å². The SMILES string of the molecule is CCc1ccccc1NC(=O)C(=O)NCCc1csc2nc(-c3ccccc3F)nn12. The number of hydrogen-bond acceptors (Lipinski definition) is 5. The van der Waals surface area contributed by atoms with E-state index in [9.17, 15) is 14.0 Å². The molecule has 4 aromatic rings. The molecular weight excluding hydrogens is 417 g/mol. The molecule has 0 unspecified atom stereocenters. The van der Waals surface area contributed by atoms with Crippen LogP contribution in [0.25, 0.3) is 16.3 Å². The smallest absolute Gasteiger partial charge is 0.313 e. The van der Waals surface area contributed by atoms with Crippen molar-refractivity contribution in [2.24, 2.45) is 0 Å². The molecule has 2 N–H and O–H groups in total. The highest BCUT2D eigenvalue weighted by Crippen LogP contribution is 2.23. The number of nitrogens with zero attached hydrogens (tertiary/aromatic N) is 3. The third-order valence-corrected chi connectivity index (χ3v) is 5.65. The largest absolute Gasteiger partial charge is 0.347 e. The van der Waals surface area contributed by atoms with Crippen molar-refractivity contribution >= 4 is 33.8 Å². The first kappa shape index (κ1) is 20.7. The summed E-state index contributed by atoms with van der Waals surface area (Å²) in [6.07, 6.45) is 1.20. The zero-order chi connectivity index (χ0) is 21.8. The monoisotopic (exact) mass is 437 g/mol. The minimum atomic E-state index is -0.709. The zero-order valence-corrected chi connectivity index (χ0v) is 17.6. The molecule has 2 aromatic heterocycles. The van der Waals surface area contributed by atoms with Gasteiger partial charge in [0.05, 0.1) is 11.3 Å². The molecule has 0 radical (unpaired) electrons. The number of rotatable bonds is 6. The molecule has 0 aliphatic rings. The predicted molar refractivity (Wildman–Crippen MR) is 117 cm³/mol. The fourth-order valence-corrected chi connectivity index (χ4v) is 4.02. The Hall–Kier alpha value is -3.59. The average Bonchev–Trinajstić information content (AvgIpc) is 3.36. The molecule has 0 aliphatic carbocycles. The van der Waals surface area contributed by atoms with Crippen LogP contribution in [0, 0.1) is 5.82 Å². The number of aromatic nitrogens is 3. The Bertz CT molecular complexity index is 1250.